The van der Waals surface area contributed by atoms with Crippen LogP contribution in [0.5, 0.6) is 0 Å². The Hall–Kier alpha value is 0.650. The van der Waals surface area contributed by atoms with Crippen LogP contribution in [0.25, 0.3) is 0 Å². The molecule has 13 heteroatoms. The molecule has 0 aliphatic carbocycles. The first-order chi connectivity index (χ1) is 17.9. The smallest absolute Gasteiger partial charge is 0.148 e. The Kier molecular flexibility index (Phi) is 9.61. The lowest BCUT2D eigenvalue weighted by atomic mass is 9.91. The molecule has 0 bridgehead atoms. The third-order valence-electron chi connectivity index (χ3n) is 8.13. The van der Waals surface area contributed by atoms with Crippen molar-refractivity contribution in [2.75, 3.05) is 103 Å². The van der Waals surface area contributed by atoms with Gasteiger partial charge in [0, 0.05) is 69.6 Å². The topological polar surface area (TPSA) is 68.0 Å². The zero-order chi connectivity index (χ0) is 24.2. The number of hydrogen-bond donors (Lipinski definition) is 2. The summed E-state index contributed by atoms with van der Waals surface area (Å²) >= 11 is 2.09. The summed E-state index contributed by atoms with van der Waals surface area (Å²) < 4.78 is 18.8. The van der Waals surface area contributed by atoms with Crippen molar-refractivity contribution in [2.45, 2.75) is 42.6 Å². The molecule has 6 fully saturated rings. The van der Waals surface area contributed by atoms with Gasteiger partial charge in [0.2, 0.25) is 0 Å². The lowest BCUT2D eigenvalue weighted by Crippen LogP contribution is -2.87. The van der Waals surface area contributed by atoms with Crippen molar-refractivity contribution >= 4 is 33.3 Å². The fraction of sp³-hybridized carbons (Fsp3) is 1.00. The van der Waals surface area contributed by atoms with Crippen molar-refractivity contribution in [3.8, 4) is 0 Å². The fourth-order valence-corrected chi connectivity index (χ4v) is 10.2. The second-order valence-corrected chi connectivity index (χ2v) is 14.0. The molecule has 2 N–H and O–H groups in total. The molecule has 206 valence electrons. The first-order valence-electron chi connectivity index (χ1n) is 13.8. The van der Waals surface area contributed by atoms with Crippen LogP contribution in [0.1, 0.15) is 19.3 Å². The molecule has 4 atom stereocenters. The Balaban J connectivity index is 1.45. The van der Waals surface area contributed by atoms with Gasteiger partial charge in [-0.15, -0.1) is 0 Å². The lowest BCUT2D eigenvalue weighted by Gasteiger charge is -2.65. The van der Waals surface area contributed by atoms with E-state index in [-0.39, 0.29) is 12.3 Å². The molecule has 0 spiro atoms. The molecule has 6 rings (SSSR count). The maximum atomic E-state index is 6.71. The van der Waals surface area contributed by atoms with Crippen LogP contribution in [0, 0.1) is 0 Å². The van der Waals surface area contributed by atoms with Crippen molar-refractivity contribution in [3.05, 3.63) is 0 Å². The quantitative estimate of drug-likeness (QED) is 0.444. The molecule has 6 saturated heterocycles. The number of rotatable bonds is 6. The van der Waals surface area contributed by atoms with E-state index in [2.05, 4.69) is 58.3 Å². The average molecular weight is 562 g/mol. The van der Waals surface area contributed by atoms with Crippen LogP contribution in [-0.4, -0.2) is 151 Å². The second-order valence-electron chi connectivity index (χ2n) is 10.2. The Bertz CT molecular complexity index is 650. The van der Waals surface area contributed by atoms with Crippen LogP contribution < -0.4 is 10.7 Å². The third-order valence-corrected chi connectivity index (χ3v) is 11.9. The average Bonchev–Trinajstić information content (AvgIpc) is 3.50. The van der Waals surface area contributed by atoms with Gasteiger partial charge >= 0.3 is 0 Å². The van der Waals surface area contributed by atoms with E-state index in [0.29, 0.717) is 25.2 Å². The lowest BCUT2D eigenvalue weighted by molar-refractivity contribution is -0.340. The summed E-state index contributed by atoms with van der Waals surface area (Å²) in [5.41, 5.74) is 3.31. The van der Waals surface area contributed by atoms with Crippen molar-refractivity contribution in [2.24, 2.45) is 0 Å². The molecule has 6 heterocycles. The van der Waals surface area contributed by atoms with Gasteiger partial charge in [-0.3, -0.25) is 15.6 Å². The molecule has 0 aromatic heterocycles. The second kappa shape index (κ2) is 12.9. The number of thioether (sulfide) groups is 1. The number of ether oxygens (including phenoxy) is 3. The van der Waals surface area contributed by atoms with Crippen LogP contribution in [0.15, 0.2) is 0 Å². The van der Waals surface area contributed by atoms with Crippen LogP contribution in [-0.2, 0) is 14.2 Å². The number of hydrazine groups is 3. The SMILES string of the molecule is C1CSSC(N(N2CCSCC2)N2CCNC(N3CCCN3)C2(C2COCCO2)N2CCOCC2)C1. The van der Waals surface area contributed by atoms with Gasteiger partial charge in [-0.2, -0.15) is 21.9 Å². The molecule has 0 amide bonds. The molecule has 6 aliphatic heterocycles. The highest BCUT2D eigenvalue weighted by Crippen LogP contribution is 2.44. The summed E-state index contributed by atoms with van der Waals surface area (Å²) in [5.74, 6) is 3.64. The van der Waals surface area contributed by atoms with Gasteiger partial charge in [0.1, 0.15) is 17.9 Å². The van der Waals surface area contributed by atoms with E-state index in [1.54, 1.807) is 0 Å². The number of hydrogen-bond acceptors (Lipinski definition) is 13. The highest BCUT2D eigenvalue weighted by Gasteiger charge is 2.62. The Morgan fingerprint density at radius 1 is 0.861 bits per heavy atom. The Morgan fingerprint density at radius 2 is 1.75 bits per heavy atom. The van der Waals surface area contributed by atoms with Crippen LogP contribution in [0.4, 0.5) is 0 Å². The molecule has 36 heavy (non-hydrogen) atoms. The molecular formula is C23H43N7O3S3. The molecule has 0 saturated carbocycles. The minimum Gasteiger partial charge on any atom is -0.379 e. The summed E-state index contributed by atoms with van der Waals surface area (Å²) in [6, 6.07) is 0. The van der Waals surface area contributed by atoms with Crippen LogP contribution in [0.3, 0.4) is 0 Å². The van der Waals surface area contributed by atoms with Gasteiger partial charge in [-0.25, -0.2) is 10.0 Å². The highest BCUT2D eigenvalue weighted by molar-refractivity contribution is 8.77. The number of nitrogens with zero attached hydrogens (tertiary/aromatic N) is 5. The van der Waals surface area contributed by atoms with Gasteiger partial charge in [0.05, 0.1) is 38.4 Å². The molecule has 6 aliphatic rings. The van der Waals surface area contributed by atoms with Gasteiger partial charge in [0.25, 0.3) is 0 Å². The first-order valence-corrected chi connectivity index (χ1v) is 17.4. The summed E-state index contributed by atoms with van der Waals surface area (Å²) in [6.45, 7) is 11.5. The minimum atomic E-state index is -0.410. The maximum Gasteiger partial charge on any atom is 0.148 e. The van der Waals surface area contributed by atoms with Crippen LogP contribution in [0.2, 0.25) is 0 Å². The van der Waals surface area contributed by atoms with Crippen molar-refractivity contribution in [1.82, 2.24) is 35.8 Å². The Labute approximate surface area is 228 Å². The molecule has 0 aromatic carbocycles. The van der Waals surface area contributed by atoms with E-state index in [4.69, 9.17) is 14.2 Å². The maximum absolute atomic E-state index is 6.71. The summed E-state index contributed by atoms with van der Waals surface area (Å²) in [6.07, 6.45) is 3.69. The molecular weight excluding hydrogens is 519 g/mol. The minimum absolute atomic E-state index is 0.0625. The van der Waals surface area contributed by atoms with Crippen molar-refractivity contribution < 1.29 is 14.2 Å². The van der Waals surface area contributed by atoms with E-state index >= 15 is 0 Å². The zero-order valence-corrected chi connectivity index (χ0v) is 23.8. The predicted octanol–water partition coefficient (Wildman–Crippen LogP) is 0.554. The number of piperazine rings is 1. The van der Waals surface area contributed by atoms with Crippen LogP contribution >= 0.6 is 33.3 Å². The van der Waals surface area contributed by atoms with Gasteiger partial charge in [-0.1, -0.05) is 21.6 Å². The van der Waals surface area contributed by atoms with E-state index in [0.717, 1.165) is 65.6 Å². The van der Waals surface area contributed by atoms with E-state index in [9.17, 15) is 0 Å². The molecule has 0 aromatic rings. The highest BCUT2D eigenvalue weighted by atomic mass is 33.1. The van der Waals surface area contributed by atoms with Gasteiger partial charge in [0.15, 0.2) is 0 Å². The van der Waals surface area contributed by atoms with E-state index in [1.165, 1.54) is 36.5 Å². The summed E-state index contributed by atoms with van der Waals surface area (Å²) in [4.78, 5) is 2.68. The first kappa shape index (κ1) is 26.9. The summed E-state index contributed by atoms with van der Waals surface area (Å²) in [7, 11) is 4.12. The largest absolute Gasteiger partial charge is 0.379 e. The summed E-state index contributed by atoms with van der Waals surface area (Å²) in [5, 5.41) is 15.0. The van der Waals surface area contributed by atoms with E-state index in [1.807, 2.05) is 10.8 Å². The van der Waals surface area contributed by atoms with Crippen molar-refractivity contribution in [3.63, 3.8) is 0 Å². The molecule has 10 nitrogen and oxygen atoms in total. The fourth-order valence-electron chi connectivity index (χ4n) is 6.59. The van der Waals surface area contributed by atoms with Gasteiger partial charge in [-0.05, 0) is 19.3 Å². The Morgan fingerprint density at radius 3 is 2.47 bits per heavy atom. The number of morpholine rings is 1. The monoisotopic (exact) mass is 561 g/mol. The predicted molar refractivity (Wildman–Crippen MR) is 147 cm³/mol. The van der Waals surface area contributed by atoms with Gasteiger partial charge < -0.3 is 14.2 Å². The third kappa shape index (κ3) is 5.35. The van der Waals surface area contributed by atoms with E-state index < -0.39 is 5.66 Å². The zero-order valence-electron chi connectivity index (χ0n) is 21.4. The molecule has 4 unspecified atom stereocenters. The standard InChI is InChI=1S/C23H43N7O3S3/c1-3-21(36-35-16-1)30(27-10-17-34-18-11-27)29-7-5-24-22(28-6-2-4-25-28)23(29,20-19-32-14-15-33-20)26-8-12-31-13-9-26/h20-22,24-25H,1-19H2. The molecule has 0 radical (unpaired) electrons. The normalized spacial score (nSPS) is 39.1. The van der Waals surface area contributed by atoms with Crippen molar-refractivity contribution in [1.29, 1.82) is 0 Å². The number of nitrogens with one attached hydrogen (secondary N) is 2.